The molecule has 4 rings (SSSR count). The molecule has 0 radical (unpaired) electrons. The maximum Gasteiger partial charge on any atom is 0.244 e. The van der Waals surface area contributed by atoms with Crippen molar-refractivity contribution in [2.45, 2.75) is 25.8 Å². The third-order valence-corrected chi connectivity index (χ3v) is 5.51. The van der Waals surface area contributed by atoms with Gasteiger partial charge in [0.1, 0.15) is 0 Å². The Hall–Kier alpha value is -2.11. The summed E-state index contributed by atoms with van der Waals surface area (Å²) in [5, 5.41) is 5.49. The van der Waals surface area contributed by atoms with E-state index in [0.29, 0.717) is 11.1 Å². The smallest absolute Gasteiger partial charge is 0.244 e. The van der Waals surface area contributed by atoms with Gasteiger partial charge in [0, 0.05) is 17.7 Å². The van der Waals surface area contributed by atoms with E-state index in [0.717, 1.165) is 29.1 Å². The van der Waals surface area contributed by atoms with E-state index in [2.05, 4.69) is 41.5 Å². The van der Waals surface area contributed by atoms with E-state index in [-0.39, 0.29) is 11.9 Å². The van der Waals surface area contributed by atoms with Gasteiger partial charge >= 0.3 is 0 Å². The van der Waals surface area contributed by atoms with Crippen molar-refractivity contribution in [3.63, 3.8) is 0 Å². The molecule has 2 aromatic heterocycles. The van der Waals surface area contributed by atoms with Gasteiger partial charge in [-0.25, -0.2) is 4.98 Å². The van der Waals surface area contributed by atoms with Gasteiger partial charge in [-0.1, -0.05) is 41.4 Å². The third kappa shape index (κ3) is 3.48. The molecule has 1 unspecified atom stereocenters. The molecule has 0 bridgehead atoms. The zero-order valence-electron chi connectivity index (χ0n) is 13.8. The predicted octanol–water partition coefficient (Wildman–Crippen LogP) is 4.64. The minimum Gasteiger partial charge on any atom is -0.345 e. The fourth-order valence-electron chi connectivity index (χ4n) is 2.96. The summed E-state index contributed by atoms with van der Waals surface area (Å²) in [4.78, 5) is 17.5. The van der Waals surface area contributed by atoms with Gasteiger partial charge < -0.3 is 5.32 Å². The van der Waals surface area contributed by atoms with Crippen molar-refractivity contribution in [2.75, 3.05) is 0 Å². The molecule has 6 heteroatoms. The topological polar surface area (TPSA) is 46.4 Å². The number of carbonyl (C=O) groups excluding carboxylic acids is 1. The maximum absolute atomic E-state index is 12.4. The summed E-state index contributed by atoms with van der Waals surface area (Å²) in [6, 6.07) is 8.45. The lowest BCUT2D eigenvalue weighted by atomic mass is 10.0. The van der Waals surface area contributed by atoms with Crippen molar-refractivity contribution in [1.82, 2.24) is 14.7 Å². The maximum atomic E-state index is 12.4. The van der Waals surface area contributed by atoms with Gasteiger partial charge in [0.2, 0.25) is 5.91 Å². The van der Waals surface area contributed by atoms with Crippen LogP contribution in [0.5, 0.6) is 0 Å². The predicted molar refractivity (Wildman–Crippen MR) is 102 cm³/mol. The Morgan fingerprint density at radius 3 is 2.88 bits per heavy atom. The first kappa shape index (κ1) is 16.4. The van der Waals surface area contributed by atoms with Gasteiger partial charge in [0.25, 0.3) is 0 Å². The number of aromatic nitrogens is 2. The van der Waals surface area contributed by atoms with E-state index < -0.39 is 0 Å². The highest BCUT2D eigenvalue weighted by Gasteiger charge is 2.33. The first-order valence-electron chi connectivity index (χ1n) is 8.28. The molecule has 1 aliphatic rings. The Bertz CT molecular complexity index is 937. The van der Waals surface area contributed by atoms with E-state index in [9.17, 15) is 4.79 Å². The molecule has 4 nitrogen and oxygen atoms in total. The van der Waals surface area contributed by atoms with Crippen LogP contribution < -0.4 is 5.32 Å². The van der Waals surface area contributed by atoms with Gasteiger partial charge in [-0.2, -0.15) is 0 Å². The fourth-order valence-corrected chi connectivity index (χ4v) is 3.96. The van der Waals surface area contributed by atoms with Crippen LogP contribution in [0.2, 0.25) is 5.15 Å². The average molecular weight is 372 g/mol. The molecule has 0 saturated heterocycles. The van der Waals surface area contributed by atoms with Crippen molar-refractivity contribution in [1.29, 1.82) is 0 Å². The summed E-state index contributed by atoms with van der Waals surface area (Å²) < 4.78 is 1.88. The Kier molecular flexibility index (Phi) is 4.36. The van der Waals surface area contributed by atoms with Crippen LogP contribution in [0.4, 0.5) is 0 Å². The van der Waals surface area contributed by atoms with Crippen molar-refractivity contribution in [3.05, 3.63) is 63.9 Å². The standard InChI is InChI=1S/C19H18ClN3OS/c1-12-2-4-13(5-3-12)17(14-6-7-14)21-16(24)9-8-15-18(20)22-19-23(15)10-11-25-19/h2-5,8-11,14,17H,6-7H2,1H3,(H,21,24)/b9-8+. The SMILES string of the molecule is Cc1ccc(C(NC(=O)/C=C/c2c(Cl)nc3sccn23)C2CC2)cc1. The quantitative estimate of drug-likeness (QED) is 0.664. The summed E-state index contributed by atoms with van der Waals surface area (Å²) >= 11 is 7.67. The second kappa shape index (κ2) is 6.65. The number of imidazole rings is 1. The molecule has 0 aliphatic heterocycles. The number of hydrogen-bond donors (Lipinski definition) is 1. The molecule has 1 saturated carbocycles. The first-order chi connectivity index (χ1) is 12.1. The summed E-state index contributed by atoms with van der Waals surface area (Å²) in [6.45, 7) is 2.07. The van der Waals surface area contributed by atoms with E-state index in [1.165, 1.54) is 23.0 Å². The number of benzene rings is 1. The molecule has 2 heterocycles. The highest BCUT2D eigenvalue weighted by atomic mass is 35.5. The van der Waals surface area contributed by atoms with Crippen molar-refractivity contribution < 1.29 is 4.79 Å². The van der Waals surface area contributed by atoms with Crippen LogP contribution >= 0.6 is 22.9 Å². The molecular weight excluding hydrogens is 354 g/mol. The number of rotatable bonds is 5. The second-order valence-electron chi connectivity index (χ2n) is 6.41. The Labute approximate surface area is 155 Å². The molecule has 1 aliphatic carbocycles. The average Bonchev–Trinajstić information content (AvgIpc) is 3.26. The fraction of sp³-hybridized carbons (Fsp3) is 0.263. The molecule has 1 aromatic carbocycles. The molecular formula is C19H18ClN3OS. The summed E-state index contributed by atoms with van der Waals surface area (Å²) in [6.07, 6.45) is 7.48. The van der Waals surface area contributed by atoms with Crippen LogP contribution in [0.15, 0.2) is 41.9 Å². The van der Waals surface area contributed by atoms with Gasteiger partial charge in [-0.05, 0) is 37.3 Å². The summed E-state index contributed by atoms with van der Waals surface area (Å²) in [7, 11) is 0. The number of carbonyl (C=O) groups is 1. The van der Waals surface area contributed by atoms with Crippen LogP contribution in [0.1, 0.15) is 35.7 Å². The molecule has 1 amide bonds. The monoisotopic (exact) mass is 371 g/mol. The van der Waals surface area contributed by atoms with Gasteiger partial charge in [-0.15, -0.1) is 11.3 Å². The van der Waals surface area contributed by atoms with E-state index in [4.69, 9.17) is 11.6 Å². The molecule has 25 heavy (non-hydrogen) atoms. The van der Waals surface area contributed by atoms with E-state index in [1.807, 2.05) is 16.0 Å². The Balaban J connectivity index is 1.51. The van der Waals surface area contributed by atoms with Gasteiger partial charge in [0.05, 0.1) is 11.7 Å². The number of thiazole rings is 1. The summed E-state index contributed by atoms with van der Waals surface area (Å²) in [5.74, 6) is 0.418. The molecule has 1 atom stereocenters. The molecule has 128 valence electrons. The largest absolute Gasteiger partial charge is 0.345 e. The summed E-state index contributed by atoms with van der Waals surface area (Å²) in [5.41, 5.74) is 3.11. The van der Waals surface area contributed by atoms with E-state index in [1.54, 1.807) is 6.08 Å². The lowest BCUT2D eigenvalue weighted by Gasteiger charge is -2.18. The first-order valence-corrected chi connectivity index (χ1v) is 9.54. The number of amides is 1. The molecule has 1 fully saturated rings. The number of halogens is 1. The van der Waals surface area contributed by atoms with Crippen molar-refractivity contribution in [2.24, 2.45) is 5.92 Å². The molecule has 1 N–H and O–H groups in total. The number of fused-ring (bicyclic) bond motifs is 1. The minimum absolute atomic E-state index is 0.0693. The number of aryl methyl sites for hydroxylation is 1. The van der Waals surface area contributed by atoms with Crippen molar-refractivity contribution in [3.8, 4) is 0 Å². The lowest BCUT2D eigenvalue weighted by Crippen LogP contribution is -2.28. The molecule has 3 aromatic rings. The highest BCUT2D eigenvalue weighted by Crippen LogP contribution is 2.41. The molecule has 0 spiro atoms. The van der Waals surface area contributed by atoms with Crippen LogP contribution in [-0.4, -0.2) is 15.3 Å². The second-order valence-corrected chi connectivity index (χ2v) is 7.64. The normalized spacial score (nSPS) is 15.8. The van der Waals surface area contributed by atoms with E-state index >= 15 is 0 Å². The highest BCUT2D eigenvalue weighted by molar-refractivity contribution is 7.15. The number of nitrogens with zero attached hydrogens (tertiary/aromatic N) is 2. The Morgan fingerprint density at radius 1 is 1.40 bits per heavy atom. The van der Waals surface area contributed by atoms with Crippen LogP contribution in [0.3, 0.4) is 0 Å². The minimum atomic E-state index is -0.112. The van der Waals surface area contributed by atoms with Gasteiger partial charge in [0.15, 0.2) is 10.1 Å². The zero-order chi connectivity index (χ0) is 17.4. The lowest BCUT2D eigenvalue weighted by molar-refractivity contribution is -0.117. The zero-order valence-corrected chi connectivity index (χ0v) is 15.3. The number of hydrogen-bond acceptors (Lipinski definition) is 3. The third-order valence-electron chi connectivity index (χ3n) is 4.47. The number of nitrogens with one attached hydrogen (secondary N) is 1. The van der Waals surface area contributed by atoms with Crippen LogP contribution in [-0.2, 0) is 4.79 Å². The van der Waals surface area contributed by atoms with Crippen LogP contribution in [0.25, 0.3) is 11.0 Å². The van der Waals surface area contributed by atoms with Gasteiger partial charge in [-0.3, -0.25) is 9.20 Å². The van der Waals surface area contributed by atoms with Crippen LogP contribution in [0, 0.1) is 12.8 Å². The Morgan fingerprint density at radius 2 is 2.16 bits per heavy atom. The van der Waals surface area contributed by atoms with Crippen molar-refractivity contribution >= 4 is 39.9 Å².